The molecule has 0 N–H and O–H groups in total. The second-order valence-corrected chi connectivity index (χ2v) is 13.9. The predicted molar refractivity (Wildman–Crippen MR) is 165 cm³/mol. The number of benzene rings is 3. The summed E-state index contributed by atoms with van der Waals surface area (Å²) in [5, 5.41) is 0. The van der Waals surface area contributed by atoms with E-state index in [1.165, 1.54) is 11.1 Å². The Hall–Kier alpha value is -2.34. The first-order valence-corrected chi connectivity index (χ1v) is 14.7. The molecule has 0 amide bonds. The standard InChI is InChI=1S/C34H47BrNO3/c1-33(2,3)26-34(4,5)29-12-18-31(19-13-29)38-23-22-37-21-20-36(6,7)24-27-10-16-32(17-11-27)39-25-28-8-14-30(35)15-9-28/h8-19H,20-26H2,1-7H3/q+1. The molecule has 39 heavy (non-hydrogen) atoms. The van der Waals surface area contributed by atoms with Crippen molar-refractivity contribution in [3.05, 3.63) is 94.0 Å². The number of likely N-dealkylation sites (N-methyl/N-ethyl adjacent to an activating group) is 1. The molecule has 0 radical (unpaired) electrons. The van der Waals surface area contributed by atoms with Crippen molar-refractivity contribution in [3.63, 3.8) is 0 Å². The van der Waals surface area contributed by atoms with E-state index in [4.69, 9.17) is 14.2 Å². The maximum Gasteiger partial charge on any atom is 0.119 e. The van der Waals surface area contributed by atoms with E-state index in [9.17, 15) is 0 Å². The maximum atomic E-state index is 5.94. The maximum absolute atomic E-state index is 5.94. The molecule has 5 heteroatoms. The summed E-state index contributed by atoms with van der Waals surface area (Å²) in [7, 11) is 4.47. The Kier molecular flexibility index (Phi) is 11.1. The van der Waals surface area contributed by atoms with E-state index >= 15 is 0 Å². The van der Waals surface area contributed by atoms with Gasteiger partial charge in [-0.15, -0.1) is 0 Å². The van der Waals surface area contributed by atoms with Crippen molar-refractivity contribution < 1.29 is 18.7 Å². The minimum absolute atomic E-state index is 0.140. The fourth-order valence-electron chi connectivity index (χ4n) is 5.07. The van der Waals surface area contributed by atoms with Gasteiger partial charge in [-0.05, 0) is 76.9 Å². The second kappa shape index (κ2) is 13.8. The third-order valence-corrected chi connectivity index (χ3v) is 7.33. The lowest BCUT2D eigenvalue weighted by atomic mass is 9.72. The normalized spacial score (nSPS) is 12.4. The van der Waals surface area contributed by atoms with Gasteiger partial charge in [0.15, 0.2) is 0 Å². The zero-order valence-electron chi connectivity index (χ0n) is 24.9. The third kappa shape index (κ3) is 11.4. The van der Waals surface area contributed by atoms with Gasteiger partial charge >= 0.3 is 0 Å². The van der Waals surface area contributed by atoms with Crippen LogP contribution in [0.3, 0.4) is 0 Å². The summed E-state index contributed by atoms with van der Waals surface area (Å²) in [6, 6.07) is 25.2. The smallest absolute Gasteiger partial charge is 0.119 e. The number of halogens is 1. The van der Waals surface area contributed by atoms with E-state index in [0.717, 1.165) is 45.5 Å². The Morgan fingerprint density at radius 1 is 0.667 bits per heavy atom. The lowest BCUT2D eigenvalue weighted by Crippen LogP contribution is -2.41. The quantitative estimate of drug-likeness (QED) is 0.138. The first-order chi connectivity index (χ1) is 18.3. The zero-order valence-corrected chi connectivity index (χ0v) is 26.5. The Labute approximate surface area is 245 Å². The fourth-order valence-corrected chi connectivity index (χ4v) is 5.34. The fraction of sp³-hybridized carbons (Fsp3) is 0.471. The zero-order chi connectivity index (χ0) is 28.5. The van der Waals surface area contributed by atoms with Crippen molar-refractivity contribution in [2.75, 3.05) is 40.5 Å². The lowest BCUT2D eigenvalue weighted by Gasteiger charge is -2.33. The van der Waals surface area contributed by atoms with Crippen LogP contribution < -0.4 is 9.47 Å². The summed E-state index contributed by atoms with van der Waals surface area (Å²) in [6.07, 6.45) is 1.13. The van der Waals surface area contributed by atoms with Gasteiger partial charge < -0.3 is 18.7 Å². The molecule has 0 aromatic heterocycles. The molecule has 0 bridgehead atoms. The summed E-state index contributed by atoms with van der Waals surface area (Å²) in [5.41, 5.74) is 4.22. The van der Waals surface area contributed by atoms with Gasteiger partial charge in [0.1, 0.15) is 37.8 Å². The molecular weight excluding hydrogens is 550 g/mol. The van der Waals surface area contributed by atoms with Crippen molar-refractivity contribution >= 4 is 15.9 Å². The van der Waals surface area contributed by atoms with Crippen LogP contribution in [0, 0.1) is 5.41 Å². The second-order valence-electron chi connectivity index (χ2n) is 13.0. The van der Waals surface area contributed by atoms with E-state index in [2.05, 4.69) is 125 Å². The van der Waals surface area contributed by atoms with Crippen LogP contribution in [0.1, 0.15) is 57.7 Å². The van der Waals surface area contributed by atoms with Crippen LogP contribution in [0.4, 0.5) is 0 Å². The van der Waals surface area contributed by atoms with Crippen LogP contribution >= 0.6 is 15.9 Å². The molecule has 212 valence electrons. The largest absolute Gasteiger partial charge is 0.491 e. The number of nitrogens with zero attached hydrogens (tertiary/aromatic N) is 1. The predicted octanol–water partition coefficient (Wildman–Crippen LogP) is 8.41. The number of rotatable bonds is 14. The van der Waals surface area contributed by atoms with Crippen LogP contribution in [0.2, 0.25) is 0 Å². The highest BCUT2D eigenvalue weighted by atomic mass is 79.9. The van der Waals surface area contributed by atoms with Crippen LogP contribution in [-0.4, -0.2) is 44.9 Å². The molecule has 0 atom stereocenters. The molecule has 0 aliphatic heterocycles. The monoisotopic (exact) mass is 596 g/mol. The average molecular weight is 598 g/mol. The van der Waals surface area contributed by atoms with Gasteiger partial charge in [0.25, 0.3) is 0 Å². The van der Waals surface area contributed by atoms with Gasteiger partial charge in [-0.25, -0.2) is 0 Å². The topological polar surface area (TPSA) is 27.7 Å². The Bertz CT molecular complexity index is 1130. The molecule has 0 unspecified atom stereocenters. The van der Waals surface area contributed by atoms with Crippen molar-refractivity contribution in [2.24, 2.45) is 5.41 Å². The van der Waals surface area contributed by atoms with Crippen LogP contribution in [0.5, 0.6) is 11.5 Å². The Balaban J connectivity index is 1.33. The van der Waals surface area contributed by atoms with E-state index in [1.807, 2.05) is 12.1 Å². The van der Waals surface area contributed by atoms with Crippen LogP contribution in [0.15, 0.2) is 77.3 Å². The summed E-state index contributed by atoms with van der Waals surface area (Å²) >= 11 is 3.47. The molecule has 3 aromatic carbocycles. The van der Waals surface area contributed by atoms with Gasteiger partial charge in [-0.3, -0.25) is 0 Å². The number of hydrogen-bond acceptors (Lipinski definition) is 3. The highest BCUT2D eigenvalue weighted by Gasteiger charge is 2.27. The van der Waals surface area contributed by atoms with Crippen LogP contribution in [0.25, 0.3) is 0 Å². The van der Waals surface area contributed by atoms with E-state index in [1.54, 1.807) is 0 Å². The number of quaternary nitrogens is 1. The average Bonchev–Trinajstić information content (AvgIpc) is 2.85. The molecule has 0 aliphatic rings. The summed E-state index contributed by atoms with van der Waals surface area (Å²) in [4.78, 5) is 0. The Morgan fingerprint density at radius 3 is 1.85 bits per heavy atom. The molecule has 3 rings (SSSR count). The molecule has 0 fully saturated rings. The van der Waals surface area contributed by atoms with Gasteiger partial charge in [0.2, 0.25) is 0 Å². The number of hydrogen-bond donors (Lipinski definition) is 0. The summed E-state index contributed by atoms with van der Waals surface area (Å²) < 4.78 is 19.7. The van der Waals surface area contributed by atoms with Gasteiger partial charge in [-0.1, -0.05) is 74.8 Å². The third-order valence-electron chi connectivity index (χ3n) is 6.80. The molecule has 4 nitrogen and oxygen atoms in total. The molecular formula is C34H47BrNO3+. The minimum Gasteiger partial charge on any atom is -0.491 e. The first kappa shape index (κ1) is 31.2. The molecule has 0 saturated heterocycles. The van der Waals surface area contributed by atoms with Crippen LogP contribution in [-0.2, 0) is 23.3 Å². The van der Waals surface area contributed by atoms with Gasteiger partial charge in [0, 0.05) is 10.0 Å². The molecule has 0 saturated carbocycles. The highest BCUT2D eigenvalue weighted by molar-refractivity contribution is 9.10. The van der Waals surface area contributed by atoms with E-state index in [-0.39, 0.29) is 5.41 Å². The summed E-state index contributed by atoms with van der Waals surface area (Å²) in [6.45, 7) is 15.8. The van der Waals surface area contributed by atoms with Crippen molar-refractivity contribution in [1.82, 2.24) is 0 Å². The SMILES string of the molecule is CC(C)(C)CC(C)(C)c1ccc(OCCOCC[N+](C)(C)Cc2ccc(OCc3ccc(Br)cc3)cc2)cc1. The molecule has 0 heterocycles. The Morgan fingerprint density at radius 2 is 1.23 bits per heavy atom. The number of ether oxygens (including phenoxy) is 3. The van der Waals surface area contributed by atoms with E-state index in [0.29, 0.717) is 31.8 Å². The highest BCUT2D eigenvalue weighted by Crippen LogP contribution is 2.36. The van der Waals surface area contributed by atoms with E-state index < -0.39 is 0 Å². The van der Waals surface area contributed by atoms with Crippen molar-refractivity contribution in [1.29, 1.82) is 0 Å². The first-order valence-electron chi connectivity index (χ1n) is 13.9. The minimum atomic E-state index is 0.140. The van der Waals surface area contributed by atoms with Crippen molar-refractivity contribution in [3.8, 4) is 11.5 Å². The molecule has 0 aliphatic carbocycles. The lowest BCUT2D eigenvalue weighted by molar-refractivity contribution is -0.904. The molecule has 3 aromatic rings. The van der Waals surface area contributed by atoms with Crippen molar-refractivity contribution in [2.45, 2.75) is 59.6 Å². The summed E-state index contributed by atoms with van der Waals surface area (Å²) in [5.74, 6) is 1.79. The van der Waals surface area contributed by atoms with Gasteiger partial charge in [0.05, 0.1) is 27.3 Å². The van der Waals surface area contributed by atoms with Gasteiger partial charge in [-0.2, -0.15) is 0 Å². The molecule has 0 spiro atoms.